The lowest BCUT2D eigenvalue weighted by molar-refractivity contribution is 0.112. The molecule has 1 aliphatic rings. The standard InChI is InChI=1S/C20H17N5O2/c1-10-9-27-18-16(10)15(7-13-17(18)19(21)24-20(22)23-13)25-6-5-12-11(8-26)3-2-4-14(12)25/h2-8,10H,9H2,1H3,(H4,21,22,23,24). The number of ether oxygens (including phenoxy) is 1. The smallest absolute Gasteiger partial charge is 0.222 e. The molecule has 3 heterocycles. The average molecular weight is 359 g/mol. The molecule has 0 spiro atoms. The molecule has 0 saturated carbocycles. The molecule has 7 heteroatoms. The SMILES string of the molecule is CC1COc2c1c(-n1ccc3c(C=O)cccc31)cc1nc(N)nc(N)c21. The number of carbonyl (C=O) groups is 1. The van der Waals surface area contributed by atoms with Crippen molar-refractivity contribution in [3.8, 4) is 11.4 Å². The van der Waals surface area contributed by atoms with Gasteiger partial charge in [-0.1, -0.05) is 19.1 Å². The first-order valence-corrected chi connectivity index (χ1v) is 8.66. The van der Waals surface area contributed by atoms with E-state index in [1.165, 1.54) is 0 Å². The van der Waals surface area contributed by atoms with E-state index in [1.54, 1.807) is 0 Å². The normalized spacial score (nSPS) is 15.8. The number of aromatic nitrogens is 3. The Balaban J connectivity index is 1.90. The number of nitrogens with two attached hydrogens (primary N) is 2. The lowest BCUT2D eigenvalue weighted by Crippen LogP contribution is -2.04. The Kier molecular flexibility index (Phi) is 3.15. The van der Waals surface area contributed by atoms with Crippen LogP contribution in [0.25, 0.3) is 27.5 Å². The summed E-state index contributed by atoms with van der Waals surface area (Å²) in [6.45, 7) is 2.67. The zero-order valence-electron chi connectivity index (χ0n) is 14.6. The molecule has 7 nitrogen and oxygen atoms in total. The van der Waals surface area contributed by atoms with E-state index in [2.05, 4.69) is 21.5 Å². The summed E-state index contributed by atoms with van der Waals surface area (Å²) in [5.74, 6) is 1.33. The predicted octanol–water partition coefficient (Wildman–Crippen LogP) is 3.05. The minimum absolute atomic E-state index is 0.123. The summed E-state index contributed by atoms with van der Waals surface area (Å²) >= 11 is 0. The number of fused-ring (bicyclic) bond motifs is 4. The van der Waals surface area contributed by atoms with Crippen molar-refractivity contribution in [2.45, 2.75) is 12.8 Å². The third-order valence-corrected chi connectivity index (χ3v) is 5.13. The largest absolute Gasteiger partial charge is 0.492 e. The lowest BCUT2D eigenvalue weighted by Gasteiger charge is -2.15. The third kappa shape index (κ3) is 2.11. The van der Waals surface area contributed by atoms with E-state index in [4.69, 9.17) is 16.2 Å². The van der Waals surface area contributed by atoms with Crippen LogP contribution in [0.15, 0.2) is 36.5 Å². The monoisotopic (exact) mass is 359 g/mol. The Morgan fingerprint density at radius 2 is 2.11 bits per heavy atom. The molecule has 0 amide bonds. The van der Waals surface area contributed by atoms with Crippen LogP contribution in [0.5, 0.6) is 5.75 Å². The summed E-state index contributed by atoms with van der Waals surface area (Å²) in [6, 6.07) is 9.58. The number of hydrogen-bond acceptors (Lipinski definition) is 6. The summed E-state index contributed by atoms with van der Waals surface area (Å²) in [5, 5.41) is 1.59. The van der Waals surface area contributed by atoms with Crippen LogP contribution in [0, 0.1) is 0 Å². The fraction of sp³-hybridized carbons (Fsp3) is 0.150. The van der Waals surface area contributed by atoms with E-state index in [0.29, 0.717) is 34.6 Å². The first kappa shape index (κ1) is 15.6. The predicted molar refractivity (Wildman–Crippen MR) is 104 cm³/mol. The van der Waals surface area contributed by atoms with Gasteiger partial charge in [-0.3, -0.25) is 4.79 Å². The molecule has 1 atom stereocenters. The van der Waals surface area contributed by atoms with Crippen molar-refractivity contribution in [2.24, 2.45) is 0 Å². The van der Waals surface area contributed by atoms with Gasteiger partial charge in [0.2, 0.25) is 5.95 Å². The maximum atomic E-state index is 11.4. The number of benzene rings is 2. The Hall–Kier alpha value is -3.61. The molecule has 134 valence electrons. The minimum Gasteiger partial charge on any atom is -0.492 e. The number of aldehydes is 1. The Bertz CT molecular complexity index is 1240. The second kappa shape index (κ2) is 5.44. The highest BCUT2D eigenvalue weighted by atomic mass is 16.5. The molecule has 1 aliphatic heterocycles. The fourth-order valence-corrected chi connectivity index (χ4v) is 3.93. The van der Waals surface area contributed by atoms with Gasteiger partial charge in [0.05, 0.1) is 28.7 Å². The van der Waals surface area contributed by atoms with Crippen molar-refractivity contribution < 1.29 is 9.53 Å². The van der Waals surface area contributed by atoms with Crippen LogP contribution in [0.2, 0.25) is 0 Å². The first-order chi connectivity index (χ1) is 13.1. The van der Waals surface area contributed by atoms with Gasteiger partial charge in [-0.25, -0.2) is 4.98 Å². The van der Waals surface area contributed by atoms with Crippen LogP contribution in [0.4, 0.5) is 11.8 Å². The Labute approximate surface area is 154 Å². The number of rotatable bonds is 2. The summed E-state index contributed by atoms with van der Waals surface area (Å²) in [5.41, 5.74) is 16.1. The van der Waals surface area contributed by atoms with Crippen molar-refractivity contribution in [1.82, 2.24) is 14.5 Å². The molecule has 0 bridgehead atoms. The third-order valence-electron chi connectivity index (χ3n) is 5.13. The van der Waals surface area contributed by atoms with E-state index in [-0.39, 0.29) is 11.9 Å². The molecule has 2 aromatic heterocycles. The summed E-state index contributed by atoms with van der Waals surface area (Å²) in [6.07, 6.45) is 2.83. The molecule has 27 heavy (non-hydrogen) atoms. The molecular weight excluding hydrogens is 342 g/mol. The van der Waals surface area contributed by atoms with E-state index >= 15 is 0 Å². The van der Waals surface area contributed by atoms with Gasteiger partial charge >= 0.3 is 0 Å². The highest BCUT2D eigenvalue weighted by molar-refractivity contribution is 6.00. The van der Waals surface area contributed by atoms with Crippen molar-refractivity contribution in [2.75, 3.05) is 18.1 Å². The van der Waals surface area contributed by atoms with Crippen LogP contribution >= 0.6 is 0 Å². The molecule has 0 saturated heterocycles. The molecule has 0 fully saturated rings. The zero-order chi connectivity index (χ0) is 18.7. The van der Waals surface area contributed by atoms with Gasteiger partial charge in [0, 0.05) is 28.6 Å². The molecule has 5 rings (SSSR count). The van der Waals surface area contributed by atoms with Crippen molar-refractivity contribution in [3.63, 3.8) is 0 Å². The molecule has 4 aromatic rings. The summed E-state index contributed by atoms with van der Waals surface area (Å²) in [4.78, 5) is 19.8. The van der Waals surface area contributed by atoms with E-state index in [0.717, 1.165) is 28.4 Å². The number of carbonyl (C=O) groups excluding carboxylic acids is 1. The zero-order valence-corrected chi connectivity index (χ0v) is 14.6. The van der Waals surface area contributed by atoms with E-state index < -0.39 is 0 Å². The minimum atomic E-state index is 0.123. The van der Waals surface area contributed by atoms with Gasteiger partial charge in [-0.05, 0) is 18.2 Å². The molecular formula is C20H17N5O2. The van der Waals surface area contributed by atoms with Crippen LogP contribution in [0.3, 0.4) is 0 Å². The van der Waals surface area contributed by atoms with Crippen molar-refractivity contribution >= 4 is 39.9 Å². The highest BCUT2D eigenvalue weighted by Gasteiger charge is 2.29. The van der Waals surface area contributed by atoms with Gasteiger partial charge in [0.15, 0.2) is 6.29 Å². The van der Waals surface area contributed by atoms with E-state index in [9.17, 15) is 4.79 Å². The van der Waals surface area contributed by atoms with Crippen molar-refractivity contribution in [1.29, 1.82) is 0 Å². The molecule has 0 aliphatic carbocycles. The van der Waals surface area contributed by atoms with Crippen molar-refractivity contribution in [3.05, 3.63) is 47.7 Å². The van der Waals surface area contributed by atoms with Crippen LogP contribution < -0.4 is 16.2 Å². The Morgan fingerprint density at radius 3 is 2.93 bits per heavy atom. The van der Waals surface area contributed by atoms with Crippen LogP contribution in [0.1, 0.15) is 28.8 Å². The Morgan fingerprint density at radius 1 is 1.26 bits per heavy atom. The van der Waals surface area contributed by atoms with Gasteiger partial charge in [0.1, 0.15) is 11.6 Å². The number of nitrogens with zero attached hydrogens (tertiary/aromatic N) is 3. The first-order valence-electron chi connectivity index (χ1n) is 8.66. The van der Waals surface area contributed by atoms with E-state index in [1.807, 2.05) is 36.5 Å². The van der Waals surface area contributed by atoms with Gasteiger partial charge < -0.3 is 20.8 Å². The average Bonchev–Trinajstić information content (AvgIpc) is 3.24. The molecule has 2 aromatic carbocycles. The van der Waals surface area contributed by atoms with Crippen LogP contribution in [-0.2, 0) is 0 Å². The fourth-order valence-electron chi connectivity index (χ4n) is 3.93. The topological polar surface area (TPSA) is 109 Å². The van der Waals surface area contributed by atoms with Gasteiger partial charge in [0.25, 0.3) is 0 Å². The maximum absolute atomic E-state index is 11.4. The number of hydrogen-bond donors (Lipinski definition) is 2. The molecule has 4 N–H and O–H groups in total. The van der Waals surface area contributed by atoms with Gasteiger partial charge in [-0.2, -0.15) is 4.98 Å². The molecule has 0 radical (unpaired) electrons. The molecule has 1 unspecified atom stereocenters. The lowest BCUT2D eigenvalue weighted by atomic mass is 9.98. The summed E-state index contributed by atoms with van der Waals surface area (Å²) in [7, 11) is 0. The second-order valence-electron chi connectivity index (χ2n) is 6.80. The quantitative estimate of drug-likeness (QED) is 0.532. The number of nitrogen functional groups attached to an aromatic ring is 2. The summed E-state index contributed by atoms with van der Waals surface area (Å²) < 4.78 is 8.03. The second-order valence-corrected chi connectivity index (χ2v) is 6.80. The van der Waals surface area contributed by atoms with Crippen LogP contribution in [-0.4, -0.2) is 27.4 Å². The highest BCUT2D eigenvalue weighted by Crippen LogP contribution is 2.45. The number of anilines is 2. The van der Waals surface area contributed by atoms with Gasteiger partial charge in [-0.15, -0.1) is 0 Å². The maximum Gasteiger partial charge on any atom is 0.222 e.